The number of pyridine rings is 1. The van der Waals surface area contributed by atoms with E-state index in [4.69, 9.17) is 5.73 Å². The van der Waals surface area contributed by atoms with Crippen LogP contribution in [-0.4, -0.2) is 33.2 Å². The summed E-state index contributed by atoms with van der Waals surface area (Å²) in [6.45, 7) is 8.31. The number of nitrogens with zero attached hydrogens (tertiary/aromatic N) is 2. The number of H-pyrrole nitrogens is 1. The Morgan fingerprint density at radius 3 is 2.85 bits per heavy atom. The molecule has 108 valence electrons. The average Bonchev–Trinajstić information content (AvgIpc) is 2.79. The van der Waals surface area contributed by atoms with Crippen LogP contribution in [0.1, 0.15) is 36.8 Å². The normalized spacial score (nSPS) is 14.5. The molecular weight excluding hydrogens is 254 g/mol. The molecule has 0 fully saturated rings. The predicted molar refractivity (Wildman–Crippen MR) is 78.4 cm³/mol. The lowest BCUT2D eigenvalue weighted by atomic mass is 9.88. The Labute approximate surface area is 118 Å². The third-order valence-electron chi connectivity index (χ3n) is 3.96. The Kier molecular flexibility index (Phi) is 3.76. The van der Waals surface area contributed by atoms with Crippen LogP contribution in [0, 0.1) is 12.8 Å². The minimum atomic E-state index is -0.433. The van der Waals surface area contributed by atoms with Crippen LogP contribution < -0.4 is 11.1 Å². The molecule has 0 aliphatic carbocycles. The summed E-state index contributed by atoms with van der Waals surface area (Å²) < 4.78 is 0. The first-order valence-corrected chi connectivity index (χ1v) is 6.70. The molecule has 1 unspecified atom stereocenters. The van der Waals surface area contributed by atoms with Crippen LogP contribution >= 0.6 is 0 Å². The quantitative estimate of drug-likeness (QED) is 0.785. The molecule has 2 heterocycles. The summed E-state index contributed by atoms with van der Waals surface area (Å²) in [5, 5.41) is 10.8. The van der Waals surface area contributed by atoms with Crippen LogP contribution in [-0.2, 0) is 0 Å². The molecule has 6 nitrogen and oxygen atoms in total. The molecule has 0 spiro atoms. The number of aromatic amines is 1. The molecular formula is C14H21N5O. The molecule has 6 heteroatoms. The second kappa shape index (κ2) is 5.20. The molecule has 0 aliphatic heterocycles. The summed E-state index contributed by atoms with van der Waals surface area (Å²) in [5.74, 6) is 0.0745. The zero-order chi connectivity index (χ0) is 14.9. The first-order valence-electron chi connectivity index (χ1n) is 6.70. The van der Waals surface area contributed by atoms with E-state index in [2.05, 4.69) is 20.5 Å². The zero-order valence-corrected chi connectivity index (χ0v) is 12.3. The number of rotatable bonds is 4. The molecule has 0 saturated heterocycles. The smallest absolute Gasteiger partial charge is 0.253 e. The number of hydrogen-bond acceptors (Lipinski definition) is 4. The van der Waals surface area contributed by atoms with E-state index in [-0.39, 0.29) is 11.8 Å². The summed E-state index contributed by atoms with van der Waals surface area (Å²) in [7, 11) is 0. The van der Waals surface area contributed by atoms with Gasteiger partial charge in [-0.25, -0.2) is 4.98 Å². The van der Waals surface area contributed by atoms with Gasteiger partial charge >= 0.3 is 0 Å². The molecule has 2 aromatic rings. The van der Waals surface area contributed by atoms with Crippen LogP contribution in [0.3, 0.4) is 0 Å². The summed E-state index contributed by atoms with van der Waals surface area (Å²) >= 11 is 0. The van der Waals surface area contributed by atoms with Gasteiger partial charge in [-0.05, 0) is 25.8 Å². The van der Waals surface area contributed by atoms with Gasteiger partial charge in [-0.1, -0.05) is 13.8 Å². The fourth-order valence-corrected chi connectivity index (χ4v) is 1.91. The number of aryl methyl sites for hydroxylation is 1. The Bertz CT molecular complexity index is 634. The van der Waals surface area contributed by atoms with Gasteiger partial charge in [-0.2, -0.15) is 5.10 Å². The third kappa shape index (κ3) is 2.51. The summed E-state index contributed by atoms with van der Waals surface area (Å²) in [4.78, 5) is 16.6. The number of aromatic nitrogens is 3. The van der Waals surface area contributed by atoms with Crippen molar-refractivity contribution in [2.24, 2.45) is 11.7 Å². The Hall–Kier alpha value is -1.95. The Morgan fingerprint density at radius 2 is 2.25 bits per heavy atom. The molecule has 0 aromatic carbocycles. The van der Waals surface area contributed by atoms with Gasteiger partial charge in [0.25, 0.3) is 5.91 Å². The van der Waals surface area contributed by atoms with Crippen LogP contribution in [0.2, 0.25) is 0 Å². The molecule has 4 N–H and O–H groups in total. The lowest BCUT2D eigenvalue weighted by molar-refractivity contribution is 0.0883. The lowest BCUT2D eigenvalue weighted by Gasteiger charge is -2.33. The third-order valence-corrected chi connectivity index (χ3v) is 3.96. The second-order valence-electron chi connectivity index (χ2n) is 5.67. The SMILES string of the molecule is Cc1[nH]nc2ncc(C(=O)NC(C)(CN)C(C)C)cc12. The molecule has 0 radical (unpaired) electrons. The van der Waals surface area contributed by atoms with E-state index in [1.54, 1.807) is 6.07 Å². The van der Waals surface area contributed by atoms with Crippen LogP contribution in [0.15, 0.2) is 12.3 Å². The molecule has 2 rings (SSSR count). The Morgan fingerprint density at radius 1 is 1.55 bits per heavy atom. The summed E-state index contributed by atoms with van der Waals surface area (Å²) in [6, 6.07) is 1.80. The van der Waals surface area contributed by atoms with Gasteiger partial charge in [0.15, 0.2) is 5.65 Å². The number of nitrogens with one attached hydrogen (secondary N) is 2. The fourth-order valence-electron chi connectivity index (χ4n) is 1.91. The maximum Gasteiger partial charge on any atom is 0.253 e. The van der Waals surface area contributed by atoms with Crippen molar-refractivity contribution in [3.05, 3.63) is 23.5 Å². The van der Waals surface area contributed by atoms with Gasteiger partial charge in [0, 0.05) is 23.8 Å². The number of carbonyl (C=O) groups excluding carboxylic acids is 1. The van der Waals surface area contributed by atoms with Crippen molar-refractivity contribution in [2.45, 2.75) is 33.2 Å². The van der Waals surface area contributed by atoms with Gasteiger partial charge < -0.3 is 11.1 Å². The largest absolute Gasteiger partial charge is 0.345 e. The van der Waals surface area contributed by atoms with E-state index in [1.165, 1.54) is 6.20 Å². The van der Waals surface area contributed by atoms with E-state index in [1.807, 2.05) is 27.7 Å². The van der Waals surface area contributed by atoms with Gasteiger partial charge in [-0.15, -0.1) is 0 Å². The highest BCUT2D eigenvalue weighted by molar-refractivity contribution is 5.97. The van der Waals surface area contributed by atoms with E-state index in [0.29, 0.717) is 17.8 Å². The first-order chi connectivity index (χ1) is 9.37. The minimum absolute atomic E-state index is 0.165. The molecule has 0 aliphatic rings. The van der Waals surface area contributed by atoms with Crippen molar-refractivity contribution < 1.29 is 4.79 Å². The maximum absolute atomic E-state index is 12.4. The van der Waals surface area contributed by atoms with Gasteiger partial charge in [0.1, 0.15) is 0 Å². The summed E-state index contributed by atoms with van der Waals surface area (Å²) in [6.07, 6.45) is 1.54. The van der Waals surface area contributed by atoms with Crippen molar-refractivity contribution in [1.82, 2.24) is 20.5 Å². The summed E-state index contributed by atoms with van der Waals surface area (Å²) in [5.41, 5.74) is 7.38. The predicted octanol–water partition coefficient (Wildman–Crippen LogP) is 1.37. The van der Waals surface area contributed by atoms with Crippen LogP contribution in [0.5, 0.6) is 0 Å². The minimum Gasteiger partial charge on any atom is -0.345 e. The standard InChI is InChI=1S/C14H21N5O/c1-8(2)14(4,7-15)17-13(20)10-5-11-9(3)18-19-12(11)16-6-10/h5-6,8H,7,15H2,1-4H3,(H,17,20)(H,16,18,19). The van der Waals surface area contributed by atoms with Crippen LogP contribution in [0.25, 0.3) is 11.0 Å². The second-order valence-corrected chi connectivity index (χ2v) is 5.67. The van der Waals surface area contributed by atoms with Gasteiger partial charge in [0.2, 0.25) is 0 Å². The number of nitrogens with two attached hydrogens (primary N) is 1. The number of fused-ring (bicyclic) bond motifs is 1. The molecule has 2 aromatic heterocycles. The van der Waals surface area contributed by atoms with Crippen molar-refractivity contribution in [1.29, 1.82) is 0 Å². The molecule has 0 saturated carbocycles. The zero-order valence-electron chi connectivity index (χ0n) is 12.3. The highest BCUT2D eigenvalue weighted by Crippen LogP contribution is 2.18. The van der Waals surface area contributed by atoms with E-state index < -0.39 is 5.54 Å². The number of amides is 1. The van der Waals surface area contributed by atoms with Crippen molar-refractivity contribution in [3.8, 4) is 0 Å². The number of carbonyl (C=O) groups is 1. The van der Waals surface area contributed by atoms with Crippen molar-refractivity contribution >= 4 is 16.9 Å². The average molecular weight is 275 g/mol. The first kappa shape index (κ1) is 14.5. The fraction of sp³-hybridized carbons (Fsp3) is 0.500. The highest BCUT2D eigenvalue weighted by Gasteiger charge is 2.29. The monoisotopic (exact) mass is 275 g/mol. The lowest BCUT2D eigenvalue weighted by Crippen LogP contribution is -2.55. The molecule has 20 heavy (non-hydrogen) atoms. The molecule has 1 amide bonds. The molecule has 1 atom stereocenters. The highest BCUT2D eigenvalue weighted by atomic mass is 16.1. The number of hydrogen-bond donors (Lipinski definition) is 3. The van der Waals surface area contributed by atoms with E-state index >= 15 is 0 Å². The Balaban J connectivity index is 2.29. The van der Waals surface area contributed by atoms with E-state index in [0.717, 1.165) is 11.1 Å². The van der Waals surface area contributed by atoms with Crippen molar-refractivity contribution in [2.75, 3.05) is 6.54 Å². The van der Waals surface area contributed by atoms with Crippen molar-refractivity contribution in [3.63, 3.8) is 0 Å². The maximum atomic E-state index is 12.4. The van der Waals surface area contributed by atoms with Gasteiger partial charge in [-0.3, -0.25) is 9.89 Å². The van der Waals surface area contributed by atoms with Crippen LogP contribution in [0.4, 0.5) is 0 Å². The molecule has 0 bridgehead atoms. The van der Waals surface area contributed by atoms with E-state index in [9.17, 15) is 4.79 Å². The topological polar surface area (TPSA) is 96.7 Å². The van der Waals surface area contributed by atoms with Gasteiger partial charge in [0.05, 0.1) is 11.1 Å².